The van der Waals surface area contributed by atoms with Crippen molar-refractivity contribution in [3.05, 3.63) is 0 Å². The lowest BCUT2D eigenvalue weighted by atomic mass is 9.97. The third-order valence-electron chi connectivity index (χ3n) is 10.8. The Bertz CT molecular complexity index is 1700. The molecule has 1 aliphatic rings. The van der Waals surface area contributed by atoms with Crippen molar-refractivity contribution in [1.82, 2.24) is 42.1 Å². The van der Waals surface area contributed by atoms with Gasteiger partial charge in [-0.15, -0.1) is 0 Å². The number of hydrogen-bond acceptors (Lipinski definition) is 13. The van der Waals surface area contributed by atoms with Gasteiger partial charge in [0.2, 0.25) is 47.3 Å². The second-order valence-electron chi connectivity index (χ2n) is 15.8. The molecule has 1 rings (SSSR count). The number of likely N-dealkylation sites (tertiary alicyclic amines) is 1. The maximum absolute atomic E-state index is 13.5. The van der Waals surface area contributed by atoms with Crippen LogP contribution in [0.2, 0.25) is 0 Å². The van der Waals surface area contributed by atoms with E-state index in [1.807, 2.05) is 13.8 Å². The van der Waals surface area contributed by atoms with Gasteiger partial charge in [-0.3, -0.25) is 48.1 Å². The molecule has 1 heterocycles. The van der Waals surface area contributed by atoms with E-state index in [9.17, 15) is 53.1 Å². The molecule has 64 heavy (non-hydrogen) atoms. The summed E-state index contributed by atoms with van der Waals surface area (Å²) in [6, 6.07) is -9.39. The number of amides is 8. The van der Waals surface area contributed by atoms with E-state index in [0.717, 1.165) is 0 Å². The number of rotatable bonds is 28. The van der Waals surface area contributed by atoms with Crippen molar-refractivity contribution in [3.63, 3.8) is 0 Å². The highest BCUT2D eigenvalue weighted by molar-refractivity contribution is 7.80. The molecule has 0 bridgehead atoms. The Morgan fingerprint density at radius 3 is 1.89 bits per heavy atom. The molecule has 0 spiro atoms. The Kier molecular flexibility index (Phi) is 24.8. The van der Waals surface area contributed by atoms with Gasteiger partial charge in [-0.2, -0.15) is 12.6 Å². The number of nitrogens with zero attached hydrogens (tertiary/aromatic N) is 2. The van der Waals surface area contributed by atoms with Crippen LogP contribution in [0.15, 0.2) is 4.99 Å². The van der Waals surface area contributed by atoms with E-state index in [1.54, 1.807) is 13.8 Å². The maximum Gasteiger partial charge on any atom is 0.326 e. The largest absolute Gasteiger partial charge is 0.481 e. The number of aliphatic imine (C=N–C) groups is 1. The molecule has 24 nitrogen and oxygen atoms in total. The first-order chi connectivity index (χ1) is 30.0. The minimum Gasteiger partial charge on any atom is -0.481 e. The number of carbonyl (C=O) groups is 10. The van der Waals surface area contributed by atoms with Gasteiger partial charge >= 0.3 is 11.9 Å². The highest BCUT2D eigenvalue weighted by atomic mass is 32.1. The Hall–Kier alpha value is -5.72. The number of nitrogens with two attached hydrogens (primary N) is 3. The lowest BCUT2D eigenvalue weighted by Gasteiger charge is -2.30. The van der Waals surface area contributed by atoms with Gasteiger partial charge in [0.05, 0.1) is 12.6 Å². The molecule has 1 aliphatic heterocycles. The van der Waals surface area contributed by atoms with Crippen LogP contribution in [0, 0.1) is 11.8 Å². The molecule has 8 amide bonds. The van der Waals surface area contributed by atoms with Crippen molar-refractivity contribution in [1.29, 1.82) is 0 Å². The number of guanidine groups is 1. The standard InChI is InChI=1S/C39H68N12O12S/c1-7-19(3)29(40)37(61)51-16-10-12-26(51)35(59)45-22(6)32(56)49-25(18-64)34(58)50-30(20(4)8-2)36(60)46-21(5)31(55)44-17-27(52)47-23(13-14-28(53)54)33(57)48-24(38(62)63)11-9-15-43-39(41)42/h19-26,29-30,64H,7-18,40H2,1-6H3,(H,44,55)(H,45,59)(H,46,60)(H,47,52)(H,48,57)(H,49,56)(H,50,58)(H,53,54)(H,62,63)(H4,41,42,43)/t19-,20-,21-,22-,23-,24-,25-,26-,29-,30-/m0/s1. The highest BCUT2D eigenvalue weighted by Crippen LogP contribution is 2.21. The summed E-state index contributed by atoms with van der Waals surface area (Å²) in [6.07, 6.45) is 1.13. The SMILES string of the molecule is CC[C@H](C)[C@H](N)C(=O)N1CCC[C@H]1C(=O)N[C@@H](C)C(=O)N[C@@H](CS)C(=O)N[C@H](C(=O)N[C@@H](C)C(=O)NCC(=O)N[C@@H](CCC(=O)O)C(=O)N[C@@H](CCCN=C(N)N)C(=O)O)[C@@H](C)CC. The van der Waals surface area contributed by atoms with E-state index in [-0.39, 0.29) is 42.9 Å². The summed E-state index contributed by atoms with van der Waals surface area (Å²) in [7, 11) is 0. The van der Waals surface area contributed by atoms with Crippen molar-refractivity contribution in [2.45, 2.75) is 141 Å². The number of aliphatic carboxylic acids is 2. The lowest BCUT2D eigenvalue weighted by molar-refractivity contribution is -0.143. The number of thiol groups is 1. The van der Waals surface area contributed by atoms with E-state index >= 15 is 0 Å². The quantitative estimate of drug-likeness (QED) is 0.0156. The zero-order valence-corrected chi connectivity index (χ0v) is 38.2. The Labute approximate surface area is 377 Å². The molecule has 1 fully saturated rings. The fraction of sp³-hybridized carbons (Fsp3) is 0.718. The highest BCUT2D eigenvalue weighted by Gasteiger charge is 2.39. The number of carboxylic acids is 2. The van der Waals surface area contributed by atoms with Crippen LogP contribution < -0.4 is 54.4 Å². The van der Waals surface area contributed by atoms with Gasteiger partial charge in [0.1, 0.15) is 42.3 Å². The average molecular weight is 929 g/mol. The predicted octanol–water partition coefficient (Wildman–Crippen LogP) is -3.61. The van der Waals surface area contributed by atoms with E-state index in [2.05, 4.69) is 54.8 Å². The summed E-state index contributed by atoms with van der Waals surface area (Å²) in [5.74, 6) is -9.66. The molecule has 15 N–H and O–H groups in total. The number of nitrogens with one attached hydrogen (secondary N) is 7. The third-order valence-corrected chi connectivity index (χ3v) is 11.1. The minimum absolute atomic E-state index is 0.0771. The van der Waals surface area contributed by atoms with Crippen LogP contribution in [0.25, 0.3) is 0 Å². The van der Waals surface area contributed by atoms with Crippen LogP contribution in [-0.2, 0) is 47.9 Å². The molecule has 25 heteroatoms. The zero-order chi connectivity index (χ0) is 48.8. The number of carbonyl (C=O) groups excluding carboxylic acids is 8. The first-order valence-electron chi connectivity index (χ1n) is 21.2. The van der Waals surface area contributed by atoms with Crippen molar-refractivity contribution >= 4 is 77.8 Å². The van der Waals surface area contributed by atoms with E-state index in [0.29, 0.717) is 32.2 Å². The first-order valence-corrected chi connectivity index (χ1v) is 21.9. The van der Waals surface area contributed by atoms with Gasteiger partial charge in [-0.05, 0) is 57.8 Å². The number of hydrogen-bond donors (Lipinski definition) is 13. The Morgan fingerprint density at radius 1 is 0.734 bits per heavy atom. The van der Waals surface area contributed by atoms with Gasteiger partial charge in [0.15, 0.2) is 5.96 Å². The summed E-state index contributed by atoms with van der Waals surface area (Å²) in [5.41, 5.74) is 16.7. The van der Waals surface area contributed by atoms with Crippen LogP contribution >= 0.6 is 12.6 Å². The summed E-state index contributed by atoms with van der Waals surface area (Å²) < 4.78 is 0. The summed E-state index contributed by atoms with van der Waals surface area (Å²) in [4.78, 5) is 133. The molecule has 0 radical (unpaired) electrons. The molecule has 0 aliphatic carbocycles. The first kappa shape index (κ1) is 56.3. The molecule has 0 aromatic rings. The molecule has 0 aromatic carbocycles. The Balaban J connectivity index is 2.88. The molecule has 0 saturated carbocycles. The van der Waals surface area contributed by atoms with E-state index in [4.69, 9.17) is 22.3 Å². The van der Waals surface area contributed by atoms with Crippen molar-refractivity contribution in [2.75, 3.05) is 25.4 Å². The normalized spacial score (nSPS) is 17.6. The minimum atomic E-state index is -1.50. The van der Waals surface area contributed by atoms with Gasteiger partial charge in [0, 0.05) is 25.3 Å². The van der Waals surface area contributed by atoms with Crippen molar-refractivity contribution in [3.8, 4) is 0 Å². The van der Waals surface area contributed by atoms with Gasteiger partial charge in [-0.25, -0.2) is 4.79 Å². The van der Waals surface area contributed by atoms with Crippen LogP contribution in [0.1, 0.15) is 92.9 Å². The molecule has 0 aromatic heterocycles. The van der Waals surface area contributed by atoms with Crippen LogP contribution in [0.5, 0.6) is 0 Å². The van der Waals surface area contributed by atoms with Gasteiger partial charge in [0.25, 0.3) is 0 Å². The summed E-state index contributed by atoms with van der Waals surface area (Å²) in [5, 5.41) is 35.7. The topological polar surface area (TPSA) is 389 Å². The van der Waals surface area contributed by atoms with Crippen LogP contribution in [0.4, 0.5) is 0 Å². The molecule has 0 unspecified atom stereocenters. The molecular formula is C39H68N12O12S. The van der Waals surface area contributed by atoms with Crippen molar-refractivity contribution in [2.24, 2.45) is 34.0 Å². The lowest BCUT2D eigenvalue weighted by Crippen LogP contribution is -2.60. The van der Waals surface area contributed by atoms with Crippen molar-refractivity contribution < 1.29 is 58.2 Å². The van der Waals surface area contributed by atoms with Gasteiger partial charge < -0.3 is 69.5 Å². The fourth-order valence-corrected chi connectivity index (χ4v) is 6.58. The molecular weight excluding hydrogens is 861 g/mol. The Morgan fingerprint density at radius 2 is 1.33 bits per heavy atom. The number of carboxylic acid groups (broad SMARTS) is 2. The van der Waals surface area contributed by atoms with E-state index in [1.165, 1.54) is 18.7 Å². The zero-order valence-electron chi connectivity index (χ0n) is 37.3. The summed E-state index contributed by atoms with van der Waals surface area (Å²) in [6.45, 7) is 9.59. The summed E-state index contributed by atoms with van der Waals surface area (Å²) >= 11 is 4.20. The smallest absolute Gasteiger partial charge is 0.326 e. The third kappa shape index (κ3) is 18.9. The van der Waals surface area contributed by atoms with E-state index < -0.39 is 127 Å². The average Bonchev–Trinajstić information content (AvgIpc) is 3.75. The maximum atomic E-state index is 13.5. The second kappa shape index (κ2) is 28.2. The molecule has 1 saturated heterocycles. The van der Waals surface area contributed by atoms with Crippen LogP contribution in [-0.4, -0.2) is 154 Å². The van der Waals surface area contributed by atoms with Crippen LogP contribution in [0.3, 0.4) is 0 Å². The monoisotopic (exact) mass is 928 g/mol. The molecule has 362 valence electrons. The second-order valence-corrected chi connectivity index (χ2v) is 16.2. The van der Waals surface area contributed by atoms with Gasteiger partial charge in [-0.1, -0.05) is 40.5 Å². The fourth-order valence-electron chi connectivity index (χ4n) is 6.32. The molecule has 10 atom stereocenters. The predicted molar refractivity (Wildman–Crippen MR) is 236 cm³/mol.